The molecule has 1 unspecified atom stereocenters. The van der Waals surface area contributed by atoms with Crippen molar-refractivity contribution in [2.75, 3.05) is 23.4 Å². The third kappa shape index (κ3) is 2.94. The zero-order valence-electron chi connectivity index (χ0n) is 12.0. The molecule has 7 nitrogen and oxygen atoms in total. The molecule has 0 aromatic heterocycles. The van der Waals surface area contributed by atoms with Gasteiger partial charge in [-0.05, 0) is 31.0 Å². The van der Waals surface area contributed by atoms with Gasteiger partial charge in [-0.3, -0.25) is 9.59 Å². The highest BCUT2D eigenvalue weighted by Crippen LogP contribution is 2.23. The standard InChI is InChI=1S/C15H17N3O4/c19-13-6-7-16-15(21)18(13)11-4-1-3-10(9-11)17-14(20)12-5-2-8-22-12/h1,3-4,9,12H,2,5-8H2,(H,16,21)(H,17,20). The summed E-state index contributed by atoms with van der Waals surface area (Å²) in [5.74, 6) is -0.463. The van der Waals surface area contributed by atoms with Gasteiger partial charge in [0.25, 0.3) is 5.91 Å². The SMILES string of the molecule is O=C(Nc1cccc(N2C(=O)CCNC2=O)c1)C1CCCO1. The van der Waals surface area contributed by atoms with Gasteiger partial charge in [0.05, 0.1) is 5.69 Å². The molecular formula is C15H17N3O4. The molecule has 2 aliphatic heterocycles. The molecule has 0 saturated carbocycles. The number of nitrogens with one attached hydrogen (secondary N) is 2. The number of carbonyl (C=O) groups is 3. The summed E-state index contributed by atoms with van der Waals surface area (Å²) in [6.45, 7) is 0.949. The number of rotatable bonds is 3. The molecule has 116 valence electrons. The van der Waals surface area contributed by atoms with Crippen LogP contribution < -0.4 is 15.5 Å². The quantitative estimate of drug-likeness (QED) is 0.879. The molecule has 22 heavy (non-hydrogen) atoms. The van der Waals surface area contributed by atoms with E-state index in [-0.39, 0.29) is 18.2 Å². The first-order valence-electron chi connectivity index (χ1n) is 7.28. The van der Waals surface area contributed by atoms with E-state index in [4.69, 9.17) is 4.74 Å². The summed E-state index contributed by atoms with van der Waals surface area (Å²) in [5.41, 5.74) is 0.969. The molecular weight excluding hydrogens is 286 g/mol. The zero-order valence-corrected chi connectivity index (χ0v) is 12.0. The molecule has 2 saturated heterocycles. The van der Waals surface area contributed by atoms with Crippen LogP contribution in [-0.2, 0) is 14.3 Å². The number of amides is 4. The Kier molecular flexibility index (Phi) is 4.06. The molecule has 2 fully saturated rings. The number of hydrogen-bond acceptors (Lipinski definition) is 4. The average Bonchev–Trinajstić information content (AvgIpc) is 3.02. The van der Waals surface area contributed by atoms with Crippen LogP contribution in [0.4, 0.5) is 16.2 Å². The van der Waals surface area contributed by atoms with Gasteiger partial charge in [0, 0.05) is 25.3 Å². The van der Waals surface area contributed by atoms with E-state index in [0.29, 0.717) is 30.9 Å². The number of imide groups is 1. The lowest BCUT2D eigenvalue weighted by Crippen LogP contribution is -2.50. The maximum atomic E-state index is 12.0. The third-order valence-electron chi connectivity index (χ3n) is 3.66. The number of carbonyl (C=O) groups excluding carboxylic acids is 3. The molecule has 1 aromatic rings. The van der Waals surface area contributed by atoms with E-state index in [2.05, 4.69) is 10.6 Å². The van der Waals surface area contributed by atoms with E-state index in [1.54, 1.807) is 24.3 Å². The predicted molar refractivity (Wildman–Crippen MR) is 79.5 cm³/mol. The first-order chi connectivity index (χ1) is 10.6. The Hall–Kier alpha value is -2.41. The largest absolute Gasteiger partial charge is 0.368 e. The van der Waals surface area contributed by atoms with Gasteiger partial charge in [-0.1, -0.05) is 6.07 Å². The highest BCUT2D eigenvalue weighted by Gasteiger charge is 2.28. The first-order valence-corrected chi connectivity index (χ1v) is 7.28. The minimum atomic E-state index is -0.446. The summed E-state index contributed by atoms with van der Waals surface area (Å²) >= 11 is 0. The fourth-order valence-electron chi connectivity index (χ4n) is 2.57. The van der Waals surface area contributed by atoms with Crippen molar-refractivity contribution in [3.05, 3.63) is 24.3 Å². The maximum Gasteiger partial charge on any atom is 0.328 e. The molecule has 0 bridgehead atoms. The van der Waals surface area contributed by atoms with Gasteiger partial charge < -0.3 is 15.4 Å². The molecule has 2 N–H and O–H groups in total. The Labute approximate surface area is 127 Å². The van der Waals surface area contributed by atoms with Crippen molar-refractivity contribution in [1.82, 2.24) is 5.32 Å². The molecule has 1 aromatic carbocycles. The van der Waals surface area contributed by atoms with Crippen LogP contribution in [0, 0.1) is 0 Å². The van der Waals surface area contributed by atoms with Gasteiger partial charge in [-0.2, -0.15) is 0 Å². The number of urea groups is 1. The molecule has 7 heteroatoms. The number of anilines is 2. The average molecular weight is 303 g/mol. The second kappa shape index (κ2) is 6.15. The van der Waals surface area contributed by atoms with Crippen LogP contribution in [0.3, 0.4) is 0 Å². The van der Waals surface area contributed by atoms with E-state index in [9.17, 15) is 14.4 Å². The lowest BCUT2D eigenvalue weighted by molar-refractivity contribution is -0.124. The second-order valence-corrected chi connectivity index (χ2v) is 5.25. The maximum absolute atomic E-state index is 12.0. The summed E-state index contributed by atoms with van der Waals surface area (Å²) < 4.78 is 5.33. The number of ether oxygens (including phenoxy) is 1. The van der Waals surface area contributed by atoms with Gasteiger partial charge in [-0.25, -0.2) is 9.69 Å². The Morgan fingerprint density at radius 2 is 2.23 bits per heavy atom. The normalized spacial score (nSPS) is 21.6. The van der Waals surface area contributed by atoms with Gasteiger partial charge in [0.2, 0.25) is 5.91 Å². The number of nitrogens with zero attached hydrogens (tertiary/aromatic N) is 1. The second-order valence-electron chi connectivity index (χ2n) is 5.25. The Morgan fingerprint density at radius 3 is 2.95 bits per heavy atom. The number of benzene rings is 1. The van der Waals surface area contributed by atoms with E-state index in [1.165, 1.54) is 0 Å². The molecule has 4 amide bonds. The molecule has 0 spiro atoms. The highest BCUT2D eigenvalue weighted by molar-refractivity contribution is 6.16. The van der Waals surface area contributed by atoms with Crippen molar-refractivity contribution >= 4 is 29.2 Å². The Bertz CT molecular complexity index is 595. The van der Waals surface area contributed by atoms with Crippen molar-refractivity contribution < 1.29 is 19.1 Å². The van der Waals surface area contributed by atoms with Gasteiger partial charge in [0.15, 0.2) is 0 Å². The highest BCUT2D eigenvalue weighted by atomic mass is 16.5. The molecule has 3 rings (SSSR count). The monoisotopic (exact) mass is 303 g/mol. The van der Waals surface area contributed by atoms with Gasteiger partial charge in [0.1, 0.15) is 6.10 Å². The summed E-state index contributed by atoms with van der Waals surface area (Å²) in [7, 11) is 0. The molecule has 0 aliphatic carbocycles. The van der Waals surface area contributed by atoms with E-state index in [1.807, 2.05) is 0 Å². The van der Waals surface area contributed by atoms with Crippen molar-refractivity contribution in [3.63, 3.8) is 0 Å². The van der Waals surface area contributed by atoms with Crippen LogP contribution in [0.2, 0.25) is 0 Å². The predicted octanol–water partition coefficient (Wildman–Crippen LogP) is 1.25. The van der Waals surface area contributed by atoms with Crippen molar-refractivity contribution in [1.29, 1.82) is 0 Å². The van der Waals surface area contributed by atoms with Crippen LogP contribution in [0.15, 0.2) is 24.3 Å². The first kappa shape index (κ1) is 14.5. The van der Waals surface area contributed by atoms with E-state index in [0.717, 1.165) is 11.3 Å². The Morgan fingerprint density at radius 1 is 1.36 bits per heavy atom. The lowest BCUT2D eigenvalue weighted by atomic mass is 10.2. The van der Waals surface area contributed by atoms with Gasteiger partial charge >= 0.3 is 6.03 Å². The fraction of sp³-hybridized carbons (Fsp3) is 0.400. The molecule has 2 aliphatic rings. The summed E-state index contributed by atoms with van der Waals surface area (Å²) in [5, 5.41) is 5.38. The van der Waals surface area contributed by atoms with E-state index < -0.39 is 12.1 Å². The third-order valence-corrected chi connectivity index (χ3v) is 3.66. The van der Waals surface area contributed by atoms with Crippen molar-refractivity contribution in [3.8, 4) is 0 Å². The summed E-state index contributed by atoms with van der Waals surface area (Å²) in [4.78, 5) is 36.9. The Balaban J connectivity index is 1.75. The van der Waals surface area contributed by atoms with Gasteiger partial charge in [-0.15, -0.1) is 0 Å². The minimum Gasteiger partial charge on any atom is -0.368 e. The van der Waals surface area contributed by atoms with Crippen molar-refractivity contribution in [2.45, 2.75) is 25.4 Å². The molecule has 0 radical (unpaired) electrons. The molecule has 1 atom stereocenters. The summed E-state index contributed by atoms with van der Waals surface area (Å²) in [6, 6.07) is 6.22. The van der Waals surface area contributed by atoms with Crippen LogP contribution in [0.1, 0.15) is 19.3 Å². The van der Waals surface area contributed by atoms with Crippen LogP contribution >= 0.6 is 0 Å². The summed E-state index contributed by atoms with van der Waals surface area (Å²) in [6.07, 6.45) is 1.42. The minimum absolute atomic E-state index is 0.205. The van der Waals surface area contributed by atoms with Crippen LogP contribution in [0.5, 0.6) is 0 Å². The van der Waals surface area contributed by atoms with Crippen LogP contribution in [-0.4, -0.2) is 37.1 Å². The van der Waals surface area contributed by atoms with E-state index >= 15 is 0 Å². The van der Waals surface area contributed by atoms with Crippen LogP contribution in [0.25, 0.3) is 0 Å². The number of hydrogen-bond donors (Lipinski definition) is 2. The smallest absolute Gasteiger partial charge is 0.328 e. The zero-order chi connectivity index (χ0) is 15.5. The topological polar surface area (TPSA) is 87.7 Å². The van der Waals surface area contributed by atoms with Crippen molar-refractivity contribution in [2.24, 2.45) is 0 Å². The molecule has 2 heterocycles. The lowest BCUT2D eigenvalue weighted by Gasteiger charge is -2.26. The fourth-order valence-corrected chi connectivity index (χ4v) is 2.57.